The molecule has 0 heteroatoms. The lowest BCUT2D eigenvalue weighted by atomic mass is 9.72. The average molecular weight is 168 g/mol. The molecule has 1 aliphatic rings. The number of hydrogen-bond donors (Lipinski definition) is 0. The fourth-order valence-corrected chi connectivity index (χ4v) is 2.53. The Labute approximate surface area is 77.7 Å². The lowest BCUT2D eigenvalue weighted by Gasteiger charge is -2.33. The van der Waals surface area contributed by atoms with Crippen LogP contribution in [0.3, 0.4) is 0 Å². The van der Waals surface area contributed by atoms with Crippen LogP contribution in [0, 0.1) is 17.3 Å². The minimum absolute atomic E-state index is 0.605. The van der Waals surface area contributed by atoms with Crippen LogP contribution in [-0.2, 0) is 0 Å². The van der Waals surface area contributed by atoms with Crippen molar-refractivity contribution >= 4 is 0 Å². The number of hydrogen-bond acceptors (Lipinski definition) is 0. The summed E-state index contributed by atoms with van der Waals surface area (Å²) < 4.78 is 0. The summed E-state index contributed by atoms with van der Waals surface area (Å²) in [5.74, 6) is 1.88. The molecule has 0 radical (unpaired) electrons. The molecule has 0 aromatic heterocycles. The molecule has 0 heterocycles. The second kappa shape index (κ2) is 3.81. The highest BCUT2D eigenvalue weighted by Gasteiger charge is 2.25. The fourth-order valence-electron chi connectivity index (χ4n) is 2.53. The Bertz CT molecular complexity index is 135. The first-order chi connectivity index (χ1) is 5.51. The maximum absolute atomic E-state index is 2.43. The van der Waals surface area contributed by atoms with Gasteiger partial charge in [0.15, 0.2) is 0 Å². The third-order valence-corrected chi connectivity index (χ3v) is 3.61. The van der Waals surface area contributed by atoms with Crippen molar-refractivity contribution in [1.82, 2.24) is 0 Å². The van der Waals surface area contributed by atoms with Crippen LogP contribution < -0.4 is 0 Å². The molecule has 0 saturated heterocycles. The summed E-state index contributed by atoms with van der Waals surface area (Å²) in [5, 5.41) is 0. The molecular formula is C12H24. The molecule has 0 bridgehead atoms. The molecule has 72 valence electrons. The van der Waals surface area contributed by atoms with E-state index in [0.29, 0.717) is 5.41 Å². The van der Waals surface area contributed by atoms with E-state index < -0.39 is 0 Å². The van der Waals surface area contributed by atoms with E-state index in [1.807, 2.05) is 0 Å². The van der Waals surface area contributed by atoms with Crippen molar-refractivity contribution in [3.05, 3.63) is 0 Å². The van der Waals surface area contributed by atoms with Gasteiger partial charge in [0.2, 0.25) is 0 Å². The van der Waals surface area contributed by atoms with Crippen LogP contribution in [0.15, 0.2) is 0 Å². The average Bonchev–Trinajstić information content (AvgIpc) is 1.95. The minimum atomic E-state index is 0.605. The summed E-state index contributed by atoms with van der Waals surface area (Å²) in [6, 6.07) is 0. The van der Waals surface area contributed by atoms with E-state index in [4.69, 9.17) is 0 Å². The first-order valence-corrected chi connectivity index (χ1v) is 5.51. The molecule has 1 fully saturated rings. The molecule has 1 rings (SSSR count). The molecule has 0 amide bonds. The molecular weight excluding hydrogens is 144 g/mol. The molecule has 0 nitrogen and oxygen atoms in total. The molecule has 2 unspecified atom stereocenters. The van der Waals surface area contributed by atoms with E-state index in [2.05, 4.69) is 27.7 Å². The normalized spacial score (nSPS) is 37.0. The molecule has 1 saturated carbocycles. The molecule has 0 N–H and O–H groups in total. The quantitative estimate of drug-likeness (QED) is 0.507. The van der Waals surface area contributed by atoms with Crippen LogP contribution in [0.25, 0.3) is 0 Å². The van der Waals surface area contributed by atoms with Gasteiger partial charge in [-0.25, -0.2) is 0 Å². The van der Waals surface area contributed by atoms with E-state index in [9.17, 15) is 0 Å². The van der Waals surface area contributed by atoms with Crippen molar-refractivity contribution in [3.8, 4) is 0 Å². The second-order valence-corrected chi connectivity index (χ2v) is 5.57. The maximum atomic E-state index is 2.43. The van der Waals surface area contributed by atoms with E-state index in [-0.39, 0.29) is 0 Å². The van der Waals surface area contributed by atoms with Gasteiger partial charge < -0.3 is 0 Å². The smallest absolute Gasteiger partial charge is 0.0352 e. The first kappa shape index (κ1) is 10.1. The Hall–Kier alpha value is 0. The van der Waals surface area contributed by atoms with Crippen LogP contribution in [0.5, 0.6) is 0 Å². The van der Waals surface area contributed by atoms with E-state index >= 15 is 0 Å². The van der Waals surface area contributed by atoms with Gasteiger partial charge in [-0.15, -0.1) is 0 Å². The Kier molecular flexibility index (Phi) is 3.20. The zero-order chi connectivity index (χ0) is 9.19. The van der Waals surface area contributed by atoms with Gasteiger partial charge in [-0.3, -0.25) is 0 Å². The predicted octanol–water partition coefficient (Wildman–Crippen LogP) is 4.25. The van der Waals surface area contributed by atoms with Crippen molar-refractivity contribution in [3.63, 3.8) is 0 Å². The Morgan fingerprint density at radius 2 is 1.67 bits per heavy atom. The van der Waals surface area contributed by atoms with Crippen LogP contribution in [-0.4, -0.2) is 0 Å². The number of rotatable bonds is 0. The highest BCUT2D eigenvalue weighted by atomic mass is 14.3. The van der Waals surface area contributed by atoms with Crippen LogP contribution in [0.1, 0.15) is 59.8 Å². The monoisotopic (exact) mass is 168 g/mol. The van der Waals surface area contributed by atoms with E-state index in [1.54, 1.807) is 0 Å². The molecule has 0 aliphatic heterocycles. The molecule has 0 aromatic carbocycles. The molecule has 12 heavy (non-hydrogen) atoms. The van der Waals surface area contributed by atoms with Gasteiger partial charge in [-0.05, 0) is 30.1 Å². The molecule has 2 atom stereocenters. The summed E-state index contributed by atoms with van der Waals surface area (Å²) in [6.45, 7) is 9.72. The lowest BCUT2D eigenvalue weighted by Crippen LogP contribution is -2.22. The Morgan fingerprint density at radius 3 is 2.33 bits per heavy atom. The van der Waals surface area contributed by atoms with E-state index in [0.717, 1.165) is 11.8 Å². The van der Waals surface area contributed by atoms with Crippen molar-refractivity contribution in [1.29, 1.82) is 0 Å². The lowest BCUT2D eigenvalue weighted by molar-refractivity contribution is 0.180. The highest BCUT2D eigenvalue weighted by molar-refractivity contribution is 4.77. The standard InChI is InChI=1S/C12H24/c1-10-7-5-6-8-12(3,4)9-11(10)2/h10-11H,5-9H2,1-4H3. The van der Waals surface area contributed by atoms with Crippen molar-refractivity contribution in [2.45, 2.75) is 59.8 Å². The summed E-state index contributed by atoms with van der Waals surface area (Å²) in [7, 11) is 0. The fraction of sp³-hybridized carbons (Fsp3) is 1.00. The van der Waals surface area contributed by atoms with Gasteiger partial charge >= 0.3 is 0 Å². The first-order valence-electron chi connectivity index (χ1n) is 5.51. The molecule has 1 aliphatic carbocycles. The van der Waals surface area contributed by atoms with Crippen LogP contribution >= 0.6 is 0 Å². The summed E-state index contributed by atoms with van der Waals surface area (Å²) in [5.41, 5.74) is 0.605. The summed E-state index contributed by atoms with van der Waals surface area (Å²) in [4.78, 5) is 0. The Balaban J connectivity index is 2.53. The summed E-state index contributed by atoms with van der Waals surface area (Å²) in [6.07, 6.45) is 7.22. The van der Waals surface area contributed by atoms with E-state index in [1.165, 1.54) is 32.1 Å². The van der Waals surface area contributed by atoms with Gasteiger partial charge in [0, 0.05) is 0 Å². The molecule has 0 aromatic rings. The highest BCUT2D eigenvalue weighted by Crippen LogP contribution is 2.37. The van der Waals surface area contributed by atoms with Gasteiger partial charge in [0.25, 0.3) is 0 Å². The second-order valence-electron chi connectivity index (χ2n) is 5.57. The van der Waals surface area contributed by atoms with Crippen LogP contribution in [0.2, 0.25) is 0 Å². The van der Waals surface area contributed by atoms with Gasteiger partial charge in [0.05, 0.1) is 0 Å². The molecule has 0 spiro atoms. The van der Waals surface area contributed by atoms with Gasteiger partial charge in [-0.2, -0.15) is 0 Å². The Morgan fingerprint density at radius 1 is 1.00 bits per heavy atom. The van der Waals surface area contributed by atoms with Crippen molar-refractivity contribution in [2.75, 3.05) is 0 Å². The van der Waals surface area contributed by atoms with Gasteiger partial charge in [0.1, 0.15) is 0 Å². The van der Waals surface area contributed by atoms with Crippen molar-refractivity contribution in [2.24, 2.45) is 17.3 Å². The topological polar surface area (TPSA) is 0 Å². The van der Waals surface area contributed by atoms with Crippen LogP contribution in [0.4, 0.5) is 0 Å². The third-order valence-electron chi connectivity index (χ3n) is 3.61. The maximum Gasteiger partial charge on any atom is -0.0352 e. The van der Waals surface area contributed by atoms with Gasteiger partial charge in [-0.1, -0.05) is 47.0 Å². The minimum Gasteiger partial charge on any atom is -0.0623 e. The van der Waals surface area contributed by atoms with Crippen molar-refractivity contribution < 1.29 is 0 Å². The summed E-state index contributed by atoms with van der Waals surface area (Å²) >= 11 is 0. The predicted molar refractivity (Wildman–Crippen MR) is 55.2 cm³/mol. The zero-order valence-electron chi connectivity index (χ0n) is 9.19. The largest absolute Gasteiger partial charge is 0.0623 e. The SMILES string of the molecule is CC1CCCCC(C)(C)CC1C. The third kappa shape index (κ3) is 2.80. The zero-order valence-corrected chi connectivity index (χ0v) is 9.19.